The van der Waals surface area contributed by atoms with E-state index < -0.39 is 0 Å². The Balaban J connectivity index is 1.84. The summed E-state index contributed by atoms with van der Waals surface area (Å²) in [5.74, 6) is 0. The summed E-state index contributed by atoms with van der Waals surface area (Å²) in [6.07, 6.45) is 2.03. The van der Waals surface area contributed by atoms with Gasteiger partial charge in [-0.3, -0.25) is 0 Å². The van der Waals surface area contributed by atoms with Crippen molar-refractivity contribution in [1.29, 1.82) is 0 Å². The summed E-state index contributed by atoms with van der Waals surface area (Å²) in [7, 11) is 1.45. The molecule has 0 unspecified atom stereocenters. The summed E-state index contributed by atoms with van der Waals surface area (Å²) in [5, 5.41) is 0. The molecule has 0 aliphatic carbocycles. The maximum absolute atomic E-state index is 4.50. The summed E-state index contributed by atoms with van der Waals surface area (Å²) < 4.78 is 0. The van der Waals surface area contributed by atoms with E-state index in [0.717, 1.165) is 19.4 Å². The number of aryl methyl sites for hydroxylation is 1. The zero-order valence-electron chi connectivity index (χ0n) is 11.6. The van der Waals surface area contributed by atoms with Crippen LogP contribution in [0.1, 0.15) is 12.0 Å². The van der Waals surface area contributed by atoms with Gasteiger partial charge in [-0.05, 0) is 29.5 Å². The highest BCUT2D eigenvalue weighted by Crippen LogP contribution is 2.20. The molecule has 0 aromatic heterocycles. The van der Waals surface area contributed by atoms with Crippen LogP contribution in [0.2, 0.25) is 0 Å². The van der Waals surface area contributed by atoms with Crippen LogP contribution in [0.4, 0.5) is 0 Å². The van der Waals surface area contributed by atoms with Gasteiger partial charge < -0.3 is 0 Å². The van der Waals surface area contributed by atoms with Gasteiger partial charge in [0.2, 0.25) is 0 Å². The number of hydrogen-bond donors (Lipinski definition) is 2. The fourth-order valence-corrected chi connectivity index (χ4v) is 2.04. The molecule has 2 N–H and O–H groups in total. The molecule has 0 amide bonds. The highest BCUT2D eigenvalue weighted by Gasteiger charge is 1.99. The third-order valence-electron chi connectivity index (χ3n) is 3.00. The van der Waals surface area contributed by atoms with Crippen molar-refractivity contribution in [2.75, 3.05) is 13.7 Å². The third kappa shape index (κ3) is 4.75. The second-order valence-corrected chi connectivity index (χ2v) is 4.45. The van der Waals surface area contributed by atoms with E-state index in [1.54, 1.807) is 0 Å². The standard InChI is InChI=1S/C16H20N2O2/c1-19-20-18-17-12-6-8-14-7-5-11-16(13-14)15-9-3-2-4-10-15/h2-5,7,9-11,13,17-18H,6,8,12H2,1H3. The Morgan fingerprint density at radius 3 is 2.55 bits per heavy atom. The van der Waals surface area contributed by atoms with Gasteiger partial charge in [-0.25, -0.2) is 10.3 Å². The van der Waals surface area contributed by atoms with Gasteiger partial charge in [-0.15, -0.1) is 10.6 Å². The van der Waals surface area contributed by atoms with Crippen molar-refractivity contribution in [2.45, 2.75) is 12.8 Å². The van der Waals surface area contributed by atoms with E-state index in [1.807, 2.05) is 6.07 Å². The zero-order valence-corrected chi connectivity index (χ0v) is 11.6. The molecule has 0 heterocycles. The van der Waals surface area contributed by atoms with Gasteiger partial charge in [0.25, 0.3) is 0 Å². The first kappa shape index (κ1) is 14.7. The predicted molar refractivity (Wildman–Crippen MR) is 79.4 cm³/mol. The molecule has 0 saturated heterocycles. The highest BCUT2D eigenvalue weighted by atomic mass is 17.3. The Kier molecular flexibility index (Phi) is 6.20. The first-order chi connectivity index (χ1) is 9.90. The lowest BCUT2D eigenvalue weighted by Gasteiger charge is -2.07. The Bertz CT molecular complexity index is 503. The summed E-state index contributed by atoms with van der Waals surface area (Å²) in [5.41, 5.74) is 9.24. The van der Waals surface area contributed by atoms with Crippen LogP contribution in [-0.4, -0.2) is 13.7 Å². The average molecular weight is 272 g/mol. The van der Waals surface area contributed by atoms with Crippen molar-refractivity contribution in [3.8, 4) is 11.1 Å². The average Bonchev–Trinajstić information content (AvgIpc) is 2.52. The summed E-state index contributed by atoms with van der Waals surface area (Å²) >= 11 is 0. The van der Waals surface area contributed by atoms with Gasteiger partial charge in [-0.1, -0.05) is 54.6 Å². The molecule has 4 nitrogen and oxygen atoms in total. The van der Waals surface area contributed by atoms with Gasteiger partial charge >= 0.3 is 0 Å². The molecule has 2 rings (SSSR count). The first-order valence-electron chi connectivity index (χ1n) is 6.72. The van der Waals surface area contributed by atoms with Gasteiger partial charge in [0, 0.05) is 6.54 Å². The molecular formula is C16H20N2O2. The molecule has 0 bridgehead atoms. The largest absolute Gasteiger partial charge is 0.232 e. The van der Waals surface area contributed by atoms with E-state index in [1.165, 1.54) is 23.8 Å². The number of rotatable bonds is 8. The quantitative estimate of drug-likeness (QED) is 0.440. The number of nitrogens with one attached hydrogen (secondary N) is 2. The Hall–Kier alpha value is -1.72. The maximum atomic E-state index is 4.50. The van der Waals surface area contributed by atoms with Crippen LogP contribution in [0.15, 0.2) is 54.6 Å². The minimum Gasteiger partial charge on any atom is -0.232 e. The normalized spacial score (nSPS) is 10.7. The number of benzene rings is 2. The zero-order chi connectivity index (χ0) is 14.0. The molecule has 2 aromatic carbocycles. The van der Waals surface area contributed by atoms with Crippen LogP contribution >= 0.6 is 0 Å². The smallest absolute Gasteiger partial charge is 0.0733 e. The molecule has 0 radical (unpaired) electrons. The highest BCUT2D eigenvalue weighted by molar-refractivity contribution is 5.63. The topological polar surface area (TPSA) is 42.5 Å². The molecular weight excluding hydrogens is 252 g/mol. The van der Waals surface area contributed by atoms with E-state index in [-0.39, 0.29) is 0 Å². The minimum absolute atomic E-state index is 0.804. The van der Waals surface area contributed by atoms with Gasteiger partial charge in [0.05, 0.1) is 7.11 Å². The van der Waals surface area contributed by atoms with Crippen LogP contribution < -0.4 is 11.0 Å². The van der Waals surface area contributed by atoms with Crippen molar-refractivity contribution in [3.05, 3.63) is 60.2 Å². The van der Waals surface area contributed by atoms with Crippen molar-refractivity contribution >= 4 is 0 Å². The van der Waals surface area contributed by atoms with Gasteiger partial charge in [-0.2, -0.15) is 0 Å². The summed E-state index contributed by atoms with van der Waals surface area (Å²) in [6, 6.07) is 19.1. The second-order valence-electron chi connectivity index (χ2n) is 4.45. The van der Waals surface area contributed by atoms with Crippen molar-refractivity contribution in [2.24, 2.45) is 0 Å². The van der Waals surface area contributed by atoms with E-state index >= 15 is 0 Å². The lowest BCUT2D eigenvalue weighted by Crippen LogP contribution is -2.32. The predicted octanol–water partition coefficient (Wildman–Crippen LogP) is 2.87. The lowest BCUT2D eigenvalue weighted by molar-refractivity contribution is -0.327. The Morgan fingerprint density at radius 1 is 0.950 bits per heavy atom. The minimum atomic E-state index is 0.804. The summed E-state index contributed by atoms with van der Waals surface area (Å²) in [4.78, 5) is 8.90. The van der Waals surface area contributed by atoms with E-state index in [2.05, 4.69) is 69.4 Å². The van der Waals surface area contributed by atoms with Crippen LogP contribution in [0.3, 0.4) is 0 Å². The third-order valence-corrected chi connectivity index (χ3v) is 3.00. The van der Waals surface area contributed by atoms with E-state index in [0.29, 0.717) is 0 Å². The van der Waals surface area contributed by atoms with Crippen molar-refractivity contribution in [1.82, 2.24) is 11.0 Å². The molecule has 0 saturated carbocycles. The van der Waals surface area contributed by atoms with Crippen molar-refractivity contribution in [3.63, 3.8) is 0 Å². The Labute approximate surface area is 119 Å². The lowest BCUT2D eigenvalue weighted by atomic mass is 10.0. The summed E-state index contributed by atoms with van der Waals surface area (Å²) in [6.45, 7) is 0.804. The van der Waals surface area contributed by atoms with E-state index in [4.69, 9.17) is 0 Å². The monoisotopic (exact) mass is 272 g/mol. The van der Waals surface area contributed by atoms with Crippen LogP contribution in [0, 0.1) is 0 Å². The molecule has 106 valence electrons. The van der Waals surface area contributed by atoms with Gasteiger partial charge in [0.1, 0.15) is 0 Å². The molecule has 0 aliphatic heterocycles. The van der Waals surface area contributed by atoms with Crippen LogP contribution in [-0.2, 0) is 16.3 Å². The van der Waals surface area contributed by atoms with Gasteiger partial charge in [0.15, 0.2) is 0 Å². The number of hydrogen-bond acceptors (Lipinski definition) is 4. The first-order valence-corrected chi connectivity index (χ1v) is 6.72. The molecule has 20 heavy (non-hydrogen) atoms. The molecule has 2 aromatic rings. The van der Waals surface area contributed by atoms with Crippen LogP contribution in [0.25, 0.3) is 11.1 Å². The fraction of sp³-hybridized carbons (Fsp3) is 0.250. The molecule has 0 fully saturated rings. The molecule has 4 heteroatoms. The Morgan fingerprint density at radius 2 is 1.75 bits per heavy atom. The second kappa shape index (κ2) is 8.45. The molecule has 0 spiro atoms. The van der Waals surface area contributed by atoms with Crippen LogP contribution in [0.5, 0.6) is 0 Å². The maximum Gasteiger partial charge on any atom is 0.0733 e. The number of hydrazine groups is 1. The molecule has 0 atom stereocenters. The van der Waals surface area contributed by atoms with Crippen molar-refractivity contribution < 1.29 is 9.88 Å². The fourth-order valence-electron chi connectivity index (χ4n) is 2.04. The molecule has 0 aliphatic rings. The SMILES string of the molecule is COONNCCCc1cccc(-c2ccccc2)c1. The van der Waals surface area contributed by atoms with E-state index in [9.17, 15) is 0 Å².